The molecule has 2 aromatic carbocycles. The molecule has 0 unspecified atom stereocenters. The Morgan fingerprint density at radius 3 is 2.70 bits per heavy atom. The zero-order valence-corrected chi connectivity index (χ0v) is 15.9. The Hall–Kier alpha value is -3.82. The van der Waals surface area contributed by atoms with E-state index in [0.29, 0.717) is 0 Å². The van der Waals surface area contributed by atoms with Crippen LogP contribution in [0, 0.1) is 21.8 Å². The third-order valence-electron chi connectivity index (χ3n) is 4.59. The molecule has 0 radical (unpaired) electrons. The number of halogens is 1. The molecule has 2 atom stereocenters. The Labute approximate surface area is 170 Å². The summed E-state index contributed by atoms with van der Waals surface area (Å²) in [4.78, 5) is 48.2. The van der Waals surface area contributed by atoms with E-state index in [0.717, 1.165) is 0 Å². The van der Waals surface area contributed by atoms with Crippen LogP contribution in [0.2, 0.25) is 0 Å². The fraction of sp³-hybridized carbons (Fsp3) is 0.250. The molecule has 1 N–H and O–H groups in total. The number of ether oxygens (including phenoxy) is 1. The smallest absolute Gasteiger partial charge is 0.312 e. The highest BCUT2D eigenvalue weighted by atomic mass is 19.1. The normalized spacial score (nSPS) is 16.8. The van der Waals surface area contributed by atoms with Gasteiger partial charge in [0.1, 0.15) is 5.82 Å². The summed E-state index contributed by atoms with van der Waals surface area (Å²) in [5, 5.41) is 13.2. The largest absolute Gasteiger partial charge is 0.452 e. The lowest BCUT2D eigenvalue weighted by atomic mass is 10.1. The van der Waals surface area contributed by atoms with Gasteiger partial charge >= 0.3 is 5.97 Å². The van der Waals surface area contributed by atoms with E-state index in [1.807, 2.05) is 0 Å². The van der Waals surface area contributed by atoms with Crippen LogP contribution in [0.15, 0.2) is 48.5 Å². The van der Waals surface area contributed by atoms with E-state index in [2.05, 4.69) is 5.32 Å². The molecule has 0 spiro atoms. The number of rotatable bonds is 6. The molecule has 0 aromatic heterocycles. The van der Waals surface area contributed by atoms with Crippen LogP contribution in [-0.4, -0.2) is 35.4 Å². The van der Waals surface area contributed by atoms with Gasteiger partial charge < -0.3 is 15.0 Å². The maximum atomic E-state index is 13.9. The van der Waals surface area contributed by atoms with Gasteiger partial charge in [0.2, 0.25) is 5.91 Å². The molecule has 2 aromatic rings. The van der Waals surface area contributed by atoms with Gasteiger partial charge in [0, 0.05) is 30.8 Å². The summed E-state index contributed by atoms with van der Waals surface area (Å²) in [6, 6.07) is 11.0. The molecule has 0 bridgehead atoms. The van der Waals surface area contributed by atoms with Crippen molar-refractivity contribution in [2.45, 2.75) is 19.4 Å². The van der Waals surface area contributed by atoms with Crippen molar-refractivity contribution >= 4 is 34.8 Å². The van der Waals surface area contributed by atoms with Crippen LogP contribution in [-0.2, 0) is 19.1 Å². The van der Waals surface area contributed by atoms with Gasteiger partial charge in [-0.25, -0.2) is 4.39 Å². The van der Waals surface area contributed by atoms with E-state index in [9.17, 15) is 28.9 Å². The summed E-state index contributed by atoms with van der Waals surface area (Å²) in [6.07, 6.45) is -1.36. The first kappa shape index (κ1) is 20.9. The van der Waals surface area contributed by atoms with Crippen molar-refractivity contribution in [1.29, 1.82) is 0 Å². The second-order valence-corrected chi connectivity index (χ2v) is 6.73. The van der Waals surface area contributed by atoms with Crippen LogP contribution in [0.5, 0.6) is 0 Å². The number of amides is 2. The number of non-ortho nitro benzene ring substituents is 1. The zero-order valence-electron chi connectivity index (χ0n) is 15.9. The van der Waals surface area contributed by atoms with E-state index in [1.54, 1.807) is 6.07 Å². The van der Waals surface area contributed by atoms with Crippen molar-refractivity contribution < 1.29 is 28.4 Å². The Morgan fingerprint density at radius 2 is 2.00 bits per heavy atom. The quantitative estimate of drug-likeness (QED) is 0.440. The van der Waals surface area contributed by atoms with Gasteiger partial charge in [-0.05, 0) is 25.1 Å². The lowest BCUT2D eigenvalue weighted by molar-refractivity contribution is -0.384. The summed E-state index contributed by atoms with van der Waals surface area (Å²) in [7, 11) is 0. The Kier molecular flexibility index (Phi) is 6.05. The Balaban J connectivity index is 1.59. The van der Waals surface area contributed by atoms with Gasteiger partial charge in [0.15, 0.2) is 6.10 Å². The highest BCUT2D eigenvalue weighted by Crippen LogP contribution is 2.28. The molecule has 9 nitrogen and oxygen atoms in total. The number of nitro benzene ring substituents is 1. The molecule has 1 heterocycles. The second-order valence-electron chi connectivity index (χ2n) is 6.73. The summed E-state index contributed by atoms with van der Waals surface area (Å²) < 4.78 is 19.1. The van der Waals surface area contributed by atoms with Crippen molar-refractivity contribution in [2.24, 2.45) is 5.92 Å². The van der Waals surface area contributed by atoms with Crippen molar-refractivity contribution in [1.82, 2.24) is 0 Å². The fourth-order valence-corrected chi connectivity index (χ4v) is 3.03. The molecule has 1 aliphatic rings. The Morgan fingerprint density at radius 1 is 1.27 bits per heavy atom. The standard InChI is InChI=1S/C20H18FN3O6/c1-12(19(26)22-14-5-4-6-15(10-14)24(28)29)30-20(27)13-9-18(25)23(11-13)17-8-3-2-7-16(17)21/h2-8,10,12-13H,9,11H2,1H3,(H,22,26)/t12-,13-/m0/s1. The number of hydrogen-bond donors (Lipinski definition) is 1. The molecule has 1 fully saturated rings. The highest BCUT2D eigenvalue weighted by Gasteiger charge is 2.38. The van der Waals surface area contributed by atoms with E-state index < -0.39 is 40.5 Å². The fourth-order valence-electron chi connectivity index (χ4n) is 3.03. The predicted molar refractivity (Wildman–Crippen MR) is 104 cm³/mol. The number of benzene rings is 2. The van der Waals surface area contributed by atoms with E-state index in [1.165, 1.54) is 54.3 Å². The molecule has 156 valence electrons. The van der Waals surface area contributed by atoms with E-state index in [4.69, 9.17) is 4.74 Å². The van der Waals surface area contributed by atoms with Crippen LogP contribution >= 0.6 is 0 Å². The lowest BCUT2D eigenvalue weighted by Crippen LogP contribution is -2.33. The number of carbonyl (C=O) groups is 3. The molecule has 2 amide bonds. The zero-order chi connectivity index (χ0) is 21.8. The first-order valence-electron chi connectivity index (χ1n) is 9.07. The number of para-hydroxylation sites is 1. The van der Waals surface area contributed by atoms with Crippen LogP contribution < -0.4 is 10.2 Å². The summed E-state index contributed by atoms with van der Waals surface area (Å²) in [5.41, 5.74) is 0.0586. The summed E-state index contributed by atoms with van der Waals surface area (Å²) in [6.45, 7) is 1.29. The molecule has 1 aliphatic heterocycles. The minimum absolute atomic E-state index is 0.0577. The van der Waals surface area contributed by atoms with E-state index >= 15 is 0 Å². The molecule has 30 heavy (non-hydrogen) atoms. The maximum Gasteiger partial charge on any atom is 0.312 e. The molecule has 1 saturated heterocycles. The van der Waals surface area contributed by atoms with Crippen LogP contribution in [0.4, 0.5) is 21.5 Å². The number of nitrogens with zero attached hydrogens (tertiary/aromatic N) is 2. The van der Waals surface area contributed by atoms with Crippen molar-refractivity contribution in [3.05, 3.63) is 64.5 Å². The van der Waals surface area contributed by atoms with Crippen LogP contribution in [0.3, 0.4) is 0 Å². The average molecular weight is 415 g/mol. The molecule has 0 saturated carbocycles. The number of hydrogen-bond acceptors (Lipinski definition) is 6. The molecular weight excluding hydrogens is 397 g/mol. The Bertz CT molecular complexity index is 1010. The first-order valence-corrected chi connectivity index (χ1v) is 9.07. The van der Waals surface area contributed by atoms with Gasteiger partial charge in [-0.1, -0.05) is 18.2 Å². The lowest BCUT2D eigenvalue weighted by Gasteiger charge is -2.18. The van der Waals surface area contributed by atoms with Gasteiger partial charge in [0.25, 0.3) is 11.6 Å². The maximum absolute atomic E-state index is 13.9. The summed E-state index contributed by atoms with van der Waals surface area (Å²) in [5.74, 6) is -3.28. The van der Waals surface area contributed by atoms with Gasteiger partial charge in [-0.2, -0.15) is 0 Å². The second kappa shape index (κ2) is 8.68. The van der Waals surface area contributed by atoms with Crippen molar-refractivity contribution in [3.63, 3.8) is 0 Å². The molecule has 10 heteroatoms. The van der Waals surface area contributed by atoms with Gasteiger partial charge in [-0.15, -0.1) is 0 Å². The van der Waals surface area contributed by atoms with Crippen LogP contribution in [0.1, 0.15) is 13.3 Å². The molecular formula is C20H18FN3O6. The van der Waals surface area contributed by atoms with Gasteiger partial charge in [-0.3, -0.25) is 24.5 Å². The average Bonchev–Trinajstić information content (AvgIpc) is 3.10. The minimum atomic E-state index is -1.20. The third-order valence-corrected chi connectivity index (χ3v) is 4.59. The SMILES string of the molecule is C[C@H](OC(=O)[C@H]1CC(=O)N(c2ccccc2F)C1)C(=O)Nc1cccc([N+](=O)[O-])c1. The molecule has 3 rings (SSSR count). The van der Waals surface area contributed by atoms with Crippen LogP contribution in [0.25, 0.3) is 0 Å². The third kappa shape index (κ3) is 4.59. The first-order chi connectivity index (χ1) is 14.3. The number of nitrogens with one attached hydrogen (secondary N) is 1. The van der Waals surface area contributed by atoms with Crippen molar-refractivity contribution in [3.8, 4) is 0 Å². The van der Waals surface area contributed by atoms with Gasteiger partial charge in [0.05, 0.1) is 16.5 Å². The highest BCUT2D eigenvalue weighted by molar-refractivity contribution is 6.00. The monoisotopic (exact) mass is 415 g/mol. The van der Waals surface area contributed by atoms with E-state index in [-0.39, 0.29) is 30.0 Å². The number of anilines is 2. The number of nitro groups is 1. The van der Waals surface area contributed by atoms with Crippen molar-refractivity contribution in [2.75, 3.05) is 16.8 Å². The number of esters is 1. The number of carbonyl (C=O) groups excluding carboxylic acids is 3. The topological polar surface area (TPSA) is 119 Å². The minimum Gasteiger partial charge on any atom is -0.452 e. The predicted octanol–water partition coefficient (Wildman–Crippen LogP) is 2.66. The molecule has 0 aliphatic carbocycles. The summed E-state index contributed by atoms with van der Waals surface area (Å²) >= 11 is 0.